The standard InChI is InChI=1S/C27H43N3O3/c1-3-4-15-30-25(32)23(18-21-10-6-5-7-11-21)28-26(33)27(30)13-16-29(17-14-27)19-22-12-8-9-20(2)24(22)31/h8-9,12,21,23,26,28,31,33H,3-7,10-11,13-19H2,1-2H3/t23-,26?/m0/s1. The second kappa shape index (κ2) is 10.7. The van der Waals surface area contributed by atoms with E-state index >= 15 is 0 Å². The highest BCUT2D eigenvalue weighted by Gasteiger charge is 2.53. The second-order valence-electron chi connectivity index (χ2n) is 10.7. The van der Waals surface area contributed by atoms with Gasteiger partial charge in [0.15, 0.2) is 0 Å². The summed E-state index contributed by atoms with van der Waals surface area (Å²) in [5, 5.41) is 25.2. The minimum absolute atomic E-state index is 0.198. The van der Waals surface area contributed by atoms with E-state index in [0.29, 0.717) is 18.2 Å². The molecule has 1 aliphatic carbocycles. The van der Waals surface area contributed by atoms with Gasteiger partial charge in [0.05, 0.1) is 11.6 Å². The fourth-order valence-electron chi connectivity index (χ4n) is 6.28. The molecular formula is C27H43N3O3. The molecule has 4 rings (SSSR count). The van der Waals surface area contributed by atoms with Gasteiger partial charge in [-0.2, -0.15) is 0 Å². The number of para-hydroxylation sites is 1. The number of aryl methyl sites for hydroxylation is 1. The molecule has 1 amide bonds. The van der Waals surface area contributed by atoms with Gasteiger partial charge in [-0.05, 0) is 44.1 Å². The number of phenols is 1. The van der Waals surface area contributed by atoms with E-state index < -0.39 is 11.8 Å². The molecule has 2 aliphatic heterocycles. The largest absolute Gasteiger partial charge is 0.507 e. The summed E-state index contributed by atoms with van der Waals surface area (Å²) in [4.78, 5) is 18.1. The van der Waals surface area contributed by atoms with E-state index in [2.05, 4.69) is 22.0 Å². The molecule has 1 saturated carbocycles. The monoisotopic (exact) mass is 457 g/mol. The lowest BCUT2D eigenvalue weighted by molar-refractivity contribution is -0.168. The van der Waals surface area contributed by atoms with Gasteiger partial charge in [0, 0.05) is 31.7 Å². The molecule has 1 spiro atoms. The first kappa shape index (κ1) is 24.5. The summed E-state index contributed by atoms with van der Waals surface area (Å²) in [6.45, 7) is 7.11. The number of rotatable bonds is 7. The number of unbranched alkanes of at least 4 members (excludes halogenated alkanes) is 1. The Labute approximate surface area is 199 Å². The molecule has 6 heteroatoms. The summed E-state index contributed by atoms with van der Waals surface area (Å²) >= 11 is 0. The van der Waals surface area contributed by atoms with Crippen LogP contribution in [-0.2, 0) is 11.3 Å². The number of aliphatic hydroxyl groups is 1. The molecule has 2 heterocycles. The lowest BCUT2D eigenvalue weighted by atomic mass is 9.78. The van der Waals surface area contributed by atoms with Crippen LogP contribution in [0.25, 0.3) is 0 Å². The summed E-state index contributed by atoms with van der Waals surface area (Å²) in [5.74, 6) is 1.17. The Hall–Kier alpha value is -1.63. The number of likely N-dealkylation sites (tertiary alicyclic amines) is 1. The zero-order valence-electron chi connectivity index (χ0n) is 20.6. The number of piperazine rings is 1. The normalized spacial score (nSPS) is 26.8. The van der Waals surface area contributed by atoms with Crippen molar-refractivity contribution in [1.29, 1.82) is 0 Å². The van der Waals surface area contributed by atoms with Gasteiger partial charge in [-0.3, -0.25) is 15.0 Å². The third-order valence-electron chi connectivity index (χ3n) is 8.44. The molecule has 3 N–H and O–H groups in total. The number of nitrogens with one attached hydrogen (secondary N) is 1. The van der Waals surface area contributed by atoms with E-state index in [4.69, 9.17) is 0 Å². The number of phenolic OH excluding ortho intramolecular Hbond substituents is 1. The van der Waals surface area contributed by atoms with Crippen LogP contribution >= 0.6 is 0 Å². The molecule has 0 radical (unpaired) electrons. The van der Waals surface area contributed by atoms with Crippen molar-refractivity contribution in [1.82, 2.24) is 15.1 Å². The topological polar surface area (TPSA) is 76.0 Å². The maximum Gasteiger partial charge on any atom is 0.240 e. The van der Waals surface area contributed by atoms with Crippen molar-refractivity contribution in [2.75, 3.05) is 19.6 Å². The van der Waals surface area contributed by atoms with Gasteiger partial charge in [-0.1, -0.05) is 63.6 Å². The number of hydrogen-bond donors (Lipinski definition) is 3. The Morgan fingerprint density at radius 2 is 1.88 bits per heavy atom. The van der Waals surface area contributed by atoms with Gasteiger partial charge in [0.2, 0.25) is 5.91 Å². The second-order valence-corrected chi connectivity index (χ2v) is 10.7. The highest BCUT2D eigenvalue weighted by Crippen LogP contribution is 2.38. The minimum atomic E-state index is -0.685. The van der Waals surface area contributed by atoms with Crippen LogP contribution in [-0.4, -0.2) is 63.4 Å². The summed E-state index contributed by atoms with van der Waals surface area (Å²) in [5.41, 5.74) is 1.31. The van der Waals surface area contributed by atoms with Crippen LogP contribution in [0.5, 0.6) is 5.75 Å². The first-order chi connectivity index (χ1) is 15.9. The van der Waals surface area contributed by atoms with Crippen LogP contribution in [0.15, 0.2) is 18.2 Å². The molecule has 184 valence electrons. The number of hydrogen-bond acceptors (Lipinski definition) is 5. The highest BCUT2D eigenvalue weighted by molar-refractivity contribution is 5.84. The average molecular weight is 458 g/mol. The molecule has 0 bridgehead atoms. The number of piperidine rings is 1. The van der Waals surface area contributed by atoms with E-state index in [9.17, 15) is 15.0 Å². The van der Waals surface area contributed by atoms with E-state index in [0.717, 1.165) is 62.9 Å². The van der Waals surface area contributed by atoms with Gasteiger partial charge in [-0.25, -0.2) is 0 Å². The van der Waals surface area contributed by atoms with E-state index in [1.807, 2.05) is 25.1 Å². The number of benzene rings is 1. The smallest absolute Gasteiger partial charge is 0.240 e. The first-order valence-electron chi connectivity index (χ1n) is 13.2. The van der Waals surface area contributed by atoms with Crippen LogP contribution in [0.4, 0.5) is 0 Å². The zero-order valence-corrected chi connectivity index (χ0v) is 20.6. The summed E-state index contributed by atoms with van der Waals surface area (Å²) in [6, 6.07) is 5.64. The Balaban J connectivity index is 1.45. The Morgan fingerprint density at radius 3 is 2.58 bits per heavy atom. The first-order valence-corrected chi connectivity index (χ1v) is 13.2. The highest BCUT2D eigenvalue weighted by atomic mass is 16.3. The van der Waals surface area contributed by atoms with Crippen LogP contribution in [0, 0.1) is 12.8 Å². The number of aliphatic hydroxyl groups excluding tert-OH is 1. The van der Waals surface area contributed by atoms with Gasteiger partial charge in [-0.15, -0.1) is 0 Å². The average Bonchev–Trinajstić information content (AvgIpc) is 2.82. The molecule has 0 aromatic heterocycles. The molecule has 33 heavy (non-hydrogen) atoms. The number of nitrogens with zero attached hydrogens (tertiary/aromatic N) is 2. The van der Waals surface area contributed by atoms with Gasteiger partial charge in [0.1, 0.15) is 12.0 Å². The Morgan fingerprint density at radius 1 is 1.15 bits per heavy atom. The lowest BCUT2D eigenvalue weighted by Gasteiger charge is -2.56. The SMILES string of the molecule is CCCCN1C(=O)[C@H](CC2CCCCC2)NC(O)C12CCN(Cc1cccc(C)c1O)CC2. The van der Waals surface area contributed by atoms with E-state index in [1.54, 1.807) is 0 Å². The quantitative estimate of drug-likeness (QED) is 0.579. The number of carbonyl (C=O) groups excluding carboxylic acids is 1. The number of amides is 1. The summed E-state index contributed by atoms with van der Waals surface area (Å²) in [7, 11) is 0. The number of carbonyl (C=O) groups is 1. The van der Waals surface area contributed by atoms with Crippen molar-refractivity contribution >= 4 is 5.91 Å². The Kier molecular flexibility index (Phi) is 7.98. The molecule has 1 aromatic carbocycles. The fourth-order valence-corrected chi connectivity index (χ4v) is 6.28. The molecule has 3 fully saturated rings. The fraction of sp³-hybridized carbons (Fsp3) is 0.741. The van der Waals surface area contributed by atoms with E-state index in [-0.39, 0.29) is 11.9 Å². The van der Waals surface area contributed by atoms with Gasteiger partial charge < -0.3 is 15.1 Å². The van der Waals surface area contributed by atoms with Crippen molar-refractivity contribution in [3.8, 4) is 5.75 Å². The molecule has 3 aliphatic rings. The summed E-state index contributed by atoms with van der Waals surface area (Å²) in [6.07, 6.45) is 9.95. The molecule has 1 unspecified atom stereocenters. The van der Waals surface area contributed by atoms with Crippen molar-refractivity contribution in [2.24, 2.45) is 5.92 Å². The van der Waals surface area contributed by atoms with Crippen LogP contribution < -0.4 is 5.32 Å². The Bertz CT molecular complexity index is 800. The zero-order chi connectivity index (χ0) is 23.4. The number of aromatic hydroxyl groups is 1. The molecule has 1 aromatic rings. The summed E-state index contributed by atoms with van der Waals surface area (Å²) < 4.78 is 0. The molecular weight excluding hydrogens is 414 g/mol. The molecule has 2 saturated heterocycles. The van der Waals surface area contributed by atoms with E-state index in [1.165, 1.54) is 32.1 Å². The maximum atomic E-state index is 13.7. The van der Waals surface area contributed by atoms with Crippen molar-refractivity contribution in [2.45, 2.75) is 102 Å². The van der Waals surface area contributed by atoms with Crippen LogP contribution in [0.1, 0.15) is 82.3 Å². The molecule has 6 nitrogen and oxygen atoms in total. The minimum Gasteiger partial charge on any atom is -0.507 e. The van der Waals surface area contributed by atoms with Crippen molar-refractivity contribution in [3.05, 3.63) is 29.3 Å². The van der Waals surface area contributed by atoms with Crippen LogP contribution in [0.2, 0.25) is 0 Å². The molecule has 2 atom stereocenters. The third kappa shape index (κ3) is 5.23. The van der Waals surface area contributed by atoms with Crippen LogP contribution in [0.3, 0.4) is 0 Å². The predicted molar refractivity (Wildman–Crippen MR) is 131 cm³/mol. The van der Waals surface area contributed by atoms with Gasteiger partial charge in [0.25, 0.3) is 0 Å². The third-order valence-corrected chi connectivity index (χ3v) is 8.44. The van der Waals surface area contributed by atoms with Crippen molar-refractivity contribution in [3.63, 3.8) is 0 Å². The maximum absolute atomic E-state index is 13.7. The van der Waals surface area contributed by atoms with Gasteiger partial charge >= 0.3 is 0 Å². The van der Waals surface area contributed by atoms with Crippen molar-refractivity contribution < 1.29 is 15.0 Å². The predicted octanol–water partition coefficient (Wildman–Crippen LogP) is 3.92. The lowest BCUT2D eigenvalue weighted by Crippen LogP contribution is -2.74.